The van der Waals surface area contributed by atoms with E-state index in [9.17, 15) is 4.79 Å². The van der Waals surface area contributed by atoms with Crippen LogP contribution in [0.1, 0.15) is 25.0 Å². The maximum atomic E-state index is 11.1. The van der Waals surface area contributed by atoms with Crippen molar-refractivity contribution in [3.63, 3.8) is 0 Å². The van der Waals surface area contributed by atoms with E-state index in [1.54, 1.807) is 0 Å². The number of carboxylic acid groups (broad SMARTS) is 1. The third-order valence-electron chi connectivity index (χ3n) is 3.18. The second-order valence-corrected chi connectivity index (χ2v) is 4.98. The van der Waals surface area contributed by atoms with E-state index in [1.165, 1.54) is 11.1 Å². The van der Waals surface area contributed by atoms with Gasteiger partial charge in [-0.05, 0) is 36.2 Å². The van der Waals surface area contributed by atoms with Crippen molar-refractivity contribution in [3.05, 3.63) is 29.3 Å². The highest BCUT2D eigenvalue weighted by molar-refractivity contribution is 5.73. The van der Waals surface area contributed by atoms with Crippen molar-refractivity contribution >= 4 is 5.97 Å². The zero-order valence-electron chi connectivity index (χ0n) is 10.8. The molecule has 1 aliphatic rings. The van der Waals surface area contributed by atoms with E-state index < -0.39 is 12.1 Å². The van der Waals surface area contributed by atoms with Crippen LogP contribution in [0.15, 0.2) is 18.2 Å². The molecule has 98 valence electrons. The molecule has 1 aromatic carbocycles. The van der Waals surface area contributed by atoms with Crippen molar-refractivity contribution in [3.8, 4) is 5.75 Å². The molecule has 0 aromatic heterocycles. The molecule has 1 aliphatic heterocycles. The predicted octanol–water partition coefficient (Wildman–Crippen LogP) is 1.82. The van der Waals surface area contributed by atoms with E-state index in [0.29, 0.717) is 5.75 Å². The molecule has 1 aromatic rings. The van der Waals surface area contributed by atoms with Crippen LogP contribution in [-0.2, 0) is 17.8 Å². The van der Waals surface area contributed by atoms with Crippen LogP contribution in [0.5, 0.6) is 5.75 Å². The molecule has 1 atom stereocenters. The van der Waals surface area contributed by atoms with E-state index in [2.05, 4.69) is 5.32 Å². The number of aliphatic carboxylic acids is 1. The highest BCUT2D eigenvalue weighted by Gasteiger charge is 2.23. The Morgan fingerprint density at radius 3 is 2.83 bits per heavy atom. The van der Waals surface area contributed by atoms with Crippen molar-refractivity contribution in [2.45, 2.75) is 32.9 Å². The Hall–Kier alpha value is -1.55. The number of ether oxygens (including phenoxy) is 1. The van der Waals surface area contributed by atoms with E-state index in [4.69, 9.17) is 9.84 Å². The first-order chi connectivity index (χ1) is 8.58. The number of benzene rings is 1. The lowest BCUT2D eigenvalue weighted by Crippen LogP contribution is -2.32. The van der Waals surface area contributed by atoms with Gasteiger partial charge in [0.25, 0.3) is 0 Å². The van der Waals surface area contributed by atoms with Crippen molar-refractivity contribution in [2.75, 3.05) is 6.54 Å². The summed E-state index contributed by atoms with van der Waals surface area (Å²) in [5, 5.41) is 12.4. The van der Waals surface area contributed by atoms with Crippen LogP contribution in [0.4, 0.5) is 0 Å². The lowest BCUT2D eigenvalue weighted by molar-refractivity contribution is -0.147. The van der Waals surface area contributed by atoms with Gasteiger partial charge in [0.2, 0.25) is 0 Å². The number of carboxylic acids is 1. The molecular weight excluding hydrogens is 230 g/mol. The molecule has 0 saturated heterocycles. The summed E-state index contributed by atoms with van der Waals surface area (Å²) in [6.45, 7) is 5.51. The molecular formula is C14H19NO3. The molecule has 0 amide bonds. The minimum atomic E-state index is -0.916. The molecule has 0 aliphatic carbocycles. The number of hydrogen-bond acceptors (Lipinski definition) is 3. The van der Waals surface area contributed by atoms with Crippen LogP contribution in [0.3, 0.4) is 0 Å². The summed E-state index contributed by atoms with van der Waals surface area (Å²) < 4.78 is 5.58. The van der Waals surface area contributed by atoms with Crippen LogP contribution in [-0.4, -0.2) is 23.7 Å². The first kappa shape index (κ1) is 12.9. The smallest absolute Gasteiger partial charge is 0.345 e. The summed E-state index contributed by atoms with van der Waals surface area (Å²) in [7, 11) is 0. The number of nitrogens with one attached hydrogen (secondary N) is 1. The molecule has 1 heterocycles. The van der Waals surface area contributed by atoms with Crippen LogP contribution in [0.25, 0.3) is 0 Å². The largest absolute Gasteiger partial charge is 0.478 e. The zero-order chi connectivity index (χ0) is 13.1. The first-order valence-corrected chi connectivity index (χ1v) is 6.30. The summed E-state index contributed by atoms with van der Waals surface area (Å²) in [4.78, 5) is 11.1. The monoisotopic (exact) mass is 249 g/mol. The van der Waals surface area contributed by atoms with Gasteiger partial charge in [-0.25, -0.2) is 4.79 Å². The standard InChI is InChI=1S/C14H19NO3/c1-9(2)13(14(16)17)18-12-4-3-10-5-6-15-8-11(10)7-12/h3-4,7,9,13,15H,5-6,8H2,1-2H3,(H,16,17). The fraction of sp³-hybridized carbons (Fsp3) is 0.500. The Morgan fingerprint density at radius 2 is 2.17 bits per heavy atom. The van der Waals surface area contributed by atoms with Crippen molar-refractivity contribution < 1.29 is 14.6 Å². The summed E-state index contributed by atoms with van der Waals surface area (Å²) in [6.07, 6.45) is 0.224. The lowest BCUT2D eigenvalue weighted by atomic mass is 10.0. The summed E-state index contributed by atoms with van der Waals surface area (Å²) in [5.41, 5.74) is 2.52. The van der Waals surface area contributed by atoms with Crippen molar-refractivity contribution in [1.82, 2.24) is 5.32 Å². The highest BCUT2D eigenvalue weighted by Crippen LogP contribution is 2.22. The van der Waals surface area contributed by atoms with E-state index >= 15 is 0 Å². The average molecular weight is 249 g/mol. The maximum Gasteiger partial charge on any atom is 0.345 e. The Kier molecular flexibility index (Phi) is 3.87. The second-order valence-electron chi connectivity index (χ2n) is 4.98. The van der Waals surface area contributed by atoms with Gasteiger partial charge in [-0.15, -0.1) is 0 Å². The normalized spacial score (nSPS) is 16.2. The fourth-order valence-electron chi connectivity index (χ4n) is 2.15. The molecule has 0 saturated carbocycles. The SMILES string of the molecule is CC(C)C(Oc1ccc2c(c1)CNCC2)C(=O)O. The topological polar surface area (TPSA) is 58.6 Å². The molecule has 2 N–H and O–H groups in total. The summed E-state index contributed by atoms with van der Waals surface area (Å²) in [5.74, 6) is -0.337. The Labute approximate surface area is 107 Å². The van der Waals surface area contributed by atoms with Gasteiger partial charge < -0.3 is 15.2 Å². The first-order valence-electron chi connectivity index (χ1n) is 6.30. The second kappa shape index (κ2) is 5.40. The quantitative estimate of drug-likeness (QED) is 0.854. The molecule has 0 spiro atoms. The van der Waals surface area contributed by atoms with Crippen LogP contribution < -0.4 is 10.1 Å². The third-order valence-corrected chi connectivity index (χ3v) is 3.18. The average Bonchev–Trinajstić information content (AvgIpc) is 2.35. The van der Waals surface area contributed by atoms with Crippen LogP contribution in [0, 0.1) is 5.92 Å². The van der Waals surface area contributed by atoms with Gasteiger partial charge in [-0.1, -0.05) is 19.9 Å². The molecule has 0 radical (unpaired) electrons. The highest BCUT2D eigenvalue weighted by atomic mass is 16.5. The van der Waals surface area contributed by atoms with Gasteiger partial charge in [-0.3, -0.25) is 0 Å². The molecule has 0 bridgehead atoms. The number of rotatable bonds is 4. The minimum absolute atomic E-state index is 0.0587. The van der Waals surface area contributed by atoms with Crippen molar-refractivity contribution in [1.29, 1.82) is 0 Å². The van der Waals surface area contributed by atoms with Gasteiger partial charge in [0, 0.05) is 12.5 Å². The summed E-state index contributed by atoms with van der Waals surface area (Å²) in [6, 6.07) is 5.84. The summed E-state index contributed by atoms with van der Waals surface area (Å²) >= 11 is 0. The van der Waals surface area contributed by atoms with Gasteiger partial charge in [0.15, 0.2) is 6.10 Å². The number of fused-ring (bicyclic) bond motifs is 1. The van der Waals surface area contributed by atoms with Gasteiger partial charge in [0.1, 0.15) is 5.75 Å². The number of carbonyl (C=O) groups is 1. The van der Waals surface area contributed by atoms with E-state index in [0.717, 1.165) is 19.5 Å². The van der Waals surface area contributed by atoms with Crippen LogP contribution in [0.2, 0.25) is 0 Å². The van der Waals surface area contributed by atoms with Crippen molar-refractivity contribution in [2.24, 2.45) is 5.92 Å². The third kappa shape index (κ3) is 2.82. The molecule has 4 heteroatoms. The molecule has 0 fully saturated rings. The Morgan fingerprint density at radius 1 is 1.39 bits per heavy atom. The molecule has 4 nitrogen and oxygen atoms in total. The minimum Gasteiger partial charge on any atom is -0.478 e. The van der Waals surface area contributed by atoms with Crippen LogP contribution >= 0.6 is 0 Å². The van der Waals surface area contributed by atoms with Gasteiger partial charge >= 0.3 is 5.97 Å². The van der Waals surface area contributed by atoms with E-state index in [-0.39, 0.29) is 5.92 Å². The molecule has 2 rings (SSSR count). The zero-order valence-corrected chi connectivity index (χ0v) is 10.8. The van der Waals surface area contributed by atoms with E-state index in [1.807, 2.05) is 32.0 Å². The Balaban J connectivity index is 2.16. The maximum absolute atomic E-state index is 11.1. The van der Waals surface area contributed by atoms with Gasteiger partial charge in [-0.2, -0.15) is 0 Å². The molecule has 18 heavy (non-hydrogen) atoms. The lowest BCUT2D eigenvalue weighted by Gasteiger charge is -2.21. The fourth-order valence-corrected chi connectivity index (χ4v) is 2.15. The Bertz CT molecular complexity index is 443. The predicted molar refractivity (Wildman–Crippen MR) is 68.7 cm³/mol. The number of hydrogen-bond donors (Lipinski definition) is 2. The van der Waals surface area contributed by atoms with Gasteiger partial charge in [0.05, 0.1) is 0 Å². The molecule has 1 unspecified atom stereocenters.